The van der Waals surface area contributed by atoms with Gasteiger partial charge in [-0.3, -0.25) is 0 Å². The lowest BCUT2D eigenvalue weighted by molar-refractivity contribution is -0.0248. The summed E-state index contributed by atoms with van der Waals surface area (Å²) in [5, 5.41) is 1.24. The highest BCUT2D eigenvalue weighted by Crippen LogP contribution is 2.36. The van der Waals surface area contributed by atoms with Crippen LogP contribution in [-0.4, -0.2) is 11.5 Å². The molecule has 0 amide bonds. The van der Waals surface area contributed by atoms with Crippen LogP contribution in [0.1, 0.15) is 31.4 Å². The van der Waals surface area contributed by atoms with Crippen LogP contribution < -0.4 is 0 Å². The lowest BCUT2D eigenvalue weighted by Crippen LogP contribution is -2.27. The monoisotopic (exact) mass is 304 g/mol. The van der Waals surface area contributed by atoms with Crippen LogP contribution in [0.15, 0.2) is 30.4 Å². The van der Waals surface area contributed by atoms with Crippen LogP contribution in [0.4, 0.5) is 0 Å². The third-order valence-electron chi connectivity index (χ3n) is 3.02. The summed E-state index contributed by atoms with van der Waals surface area (Å²) in [4.78, 5) is 0. The first kappa shape index (κ1) is 14.2. The van der Waals surface area contributed by atoms with Crippen LogP contribution >= 0.6 is 34.8 Å². The van der Waals surface area contributed by atoms with E-state index < -0.39 is 0 Å². The van der Waals surface area contributed by atoms with E-state index in [-0.39, 0.29) is 17.6 Å². The smallest absolute Gasteiger partial charge is 0.0847 e. The van der Waals surface area contributed by atoms with Gasteiger partial charge in [-0.15, -0.1) is 11.6 Å². The summed E-state index contributed by atoms with van der Waals surface area (Å²) in [5.74, 6) is 0. The zero-order chi connectivity index (χ0) is 13.1. The maximum absolute atomic E-state index is 6.29. The molecule has 0 aromatic heterocycles. The van der Waals surface area contributed by atoms with Crippen LogP contribution in [-0.2, 0) is 4.74 Å². The Bertz CT molecular complexity index is 445. The highest BCUT2D eigenvalue weighted by Gasteiger charge is 2.28. The van der Waals surface area contributed by atoms with E-state index >= 15 is 0 Å². The minimum atomic E-state index is -0.0165. The summed E-state index contributed by atoms with van der Waals surface area (Å²) in [5.41, 5.74) is 1.03. The van der Waals surface area contributed by atoms with Gasteiger partial charge in [0.1, 0.15) is 0 Å². The highest BCUT2D eigenvalue weighted by atomic mass is 35.5. The Morgan fingerprint density at radius 2 is 2.00 bits per heavy atom. The molecule has 3 atom stereocenters. The second-order valence-electron chi connectivity index (χ2n) is 4.43. The van der Waals surface area contributed by atoms with Crippen LogP contribution in [0.5, 0.6) is 0 Å². The van der Waals surface area contributed by atoms with Crippen molar-refractivity contribution in [2.24, 2.45) is 0 Å². The summed E-state index contributed by atoms with van der Waals surface area (Å²) in [6.45, 7) is 1.98. The zero-order valence-corrected chi connectivity index (χ0v) is 12.3. The Morgan fingerprint density at radius 3 is 2.67 bits per heavy atom. The molecule has 1 fully saturated rings. The quantitative estimate of drug-likeness (QED) is 0.525. The van der Waals surface area contributed by atoms with E-state index in [9.17, 15) is 0 Å². The van der Waals surface area contributed by atoms with Crippen LogP contribution in [0.2, 0.25) is 10.0 Å². The van der Waals surface area contributed by atoms with E-state index in [1.54, 1.807) is 6.07 Å². The van der Waals surface area contributed by atoms with Crippen LogP contribution in [0.25, 0.3) is 0 Å². The van der Waals surface area contributed by atoms with E-state index in [1.807, 2.05) is 31.2 Å². The van der Waals surface area contributed by atoms with Crippen molar-refractivity contribution >= 4 is 34.8 Å². The van der Waals surface area contributed by atoms with E-state index in [1.165, 1.54) is 0 Å². The Labute approximate surface area is 123 Å². The molecular formula is C14H15Cl3O. The van der Waals surface area contributed by atoms with Crippen molar-refractivity contribution in [2.75, 3.05) is 0 Å². The molecule has 4 heteroatoms. The van der Waals surface area contributed by atoms with Gasteiger partial charge < -0.3 is 4.74 Å². The first-order valence-corrected chi connectivity index (χ1v) is 7.16. The number of hydrogen-bond acceptors (Lipinski definition) is 1. The molecule has 1 saturated heterocycles. The molecule has 0 radical (unpaired) electrons. The largest absolute Gasteiger partial charge is 0.366 e. The van der Waals surface area contributed by atoms with Gasteiger partial charge in [-0.05, 0) is 37.5 Å². The molecule has 98 valence electrons. The van der Waals surface area contributed by atoms with Crippen molar-refractivity contribution in [3.63, 3.8) is 0 Å². The third-order valence-corrected chi connectivity index (χ3v) is 4.11. The molecule has 1 aliphatic rings. The zero-order valence-electron chi connectivity index (χ0n) is 10.1. The summed E-state index contributed by atoms with van der Waals surface area (Å²) in [7, 11) is 0. The van der Waals surface area contributed by atoms with Crippen molar-refractivity contribution in [2.45, 2.75) is 37.4 Å². The Balaban J connectivity index is 2.18. The molecule has 0 saturated carbocycles. The molecule has 1 aromatic carbocycles. The topological polar surface area (TPSA) is 9.23 Å². The van der Waals surface area contributed by atoms with Crippen LogP contribution in [0.3, 0.4) is 0 Å². The van der Waals surface area contributed by atoms with Gasteiger partial charge in [-0.2, -0.15) is 0 Å². The third kappa shape index (κ3) is 3.42. The van der Waals surface area contributed by atoms with Gasteiger partial charge in [0, 0.05) is 5.38 Å². The van der Waals surface area contributed by atoms with Gasteiger partial charge in [0.25, 0.3) is 0 Å². The number of ether oxygens (including phenoxy) is 1. The lowest BCUT2D eigenvalue weighted by Gasteiger charge is -2.32. The first-order valence-electron chi connectivity index (χ1n) is 5.97. The number of allylic oxidation sites excluding steroid dienone is 1. The summed E-state index contributed by atoms with van der Waals surface area (Å²) in [6, 6.07) is 5.60. The van der Waals surface area contributed by atoms with E-state index in [2.05, 4.69) is 0 Å². The molecule has 1 aliphatic heterocycles. The van der Waals surface area contributed by atoms with Crippen molar-refractivity contribution in [1.29, 1.82) is 0 Å². The van der Waals surface area contributed by atoms with Gasteiger partial charge >= 0.3 is 0 Å². The molecule has 2 rings (SSSR count). The molecule has 0 spiro atoms. The van der Waals surface area contributed by atoms with E-state index in [0.717, 1.165) is 18.4 Å². The summed E-state index contributed by atoms with van der Waals surface area (Å²) in [6.07, 6.45) is 5.74. The number of alkyl halides is 1. The number of hydrogen-bond donors (Lipinski definition) is 0. The predicted molar refractivity (Wildman–Crippen MR) is 77.8 cm³/mol. The van der Waals surface area contributed by atoms with Crippen LogP contribution in [0, 0.1) is 0 Å². The molecular weight excluding hydrogens is 291 g/mol. The minimum absolute atomic E-state index is 0.0165. The number of rotatable bonds is 2. The van der Waals surface area contributed by atoms with Gasteiger partial charge in [0.05, 0.1) is 22.3 Å². The molecule has 18 heavy (non-hydrogen) atoms. The van der Waals surface area contributed by atoms with Gasteiger partial charge in [-0.1, -0.05) is 41.4 Å². The molecule has 1 nitrogen and oxygen atoms in total. The number of halogens is 3. The van der Waals surface area contributed by atoms with Gasteiger partial charge in [0.15, 0.2) is 0 Å². The normalized spacial score (nSPS) is 28.8. The second-order valence-corrected chi connectivity index (χ2v) is 5.86. The SMILES string of the molecule is C/C=C/C1CC(Cl)CC(c2ccc(Cl)c(Cl)c2)O1. The molecule has 3 unspecified atom stereocenters. The highest BCUT2D eigenvalue weighted by molar-refractivity contribution is 6.42. The summed E-state index contributed by atoms with van der Waals surface area (Å²) >= 11 is 18.2. The van der Waals surface area contributed by atoms with Crippen molar-refractivity contribution < 1.29 is 4.74 Å². The standard InChI is InChI=1S/C14H15Cl3O/c1-2-3-11-7-10(15)8-14(18-11)9-4-5-12(16)13(17)6-9/h2-6,10-11,14H,7-8H2,1H3/b3-2+. The lowest BCUT2D eigenvalue weighted by atomic mass is 9.98. The maximum atomic E-state index is 6.29. The van der Waals surface area contributed by atoms with Crippen molar-refractivity contribution in [3.8, 4) is 0 Å². The average Bonchev–Trinajstić information content (AvgIpc) is 2.32. The fourth-order valence-electron chi connectivity index (χ4n) is 2.17. The van der Waals surface area contributed by atoms with Crippen molar-refractivity contribution in [1.82, 2.24) is 0 Å². The molecule has 1 heterocycles. The van der Waals surface area contributed by atoms with Crippen molar-refractivity contribution in [3.05, 3.63) is 46.0 Å². The number of benzene rings is 1. The Hall–Kier alpha value is -0.210. The van der Waals surface area contributed by atoms with E-state index in [4.69, 9.17) is 39.5 Å². The van der Waals surface area contributed by atoms with Gasteiger partial charge in [-0.25, -0.2) is 0 Å². The fourth-order valence-corrected chi connectivity index (χ4v) is 2.81. The molecule has 0 bridgehead atoms. The molecule has 0 aliphatic carbocycles. The second kappa shape index (κ2) is 6.29. The Kier molecular flexibility index (Phi) is 4.97. The van der Waals surface area contributed by atoms with E-state index in [0.29, 0.717) is 10.0 Å². The Morgan fingerprint density at radius 1 is 1.22 bits per heavy atom. The minimum Gasteiger partial charge on any atom is -0.366 e. The maximum Gasteiger partial charge on any atom is 0.0847 e. The summed E-state index contributed by atoms with van der Waals surface area (Å²) < 4.78 is 6.01. The molecule has 0 N–H and O–H groups in total. The average molecular weight is 306 g/mol. The first-order chi connectivity index (χ1) is 8.60. The predicted octanol–water partition coefficient (Wildman–Crippen LogP) is 5.40. The fraction of sp³-hybridized carbons (Fsp3) is 0.429. The van der Waals surface area contributed by atoms with Gasteiger partial charge in [0.2, 0.25) is 0 Å². The molecule has 1 aromatic rings.